The number of nitrogens with zero attached hydrogens (tertiary/aromatic N) is 2. The van der Waals surface area contributed by atoms with Gasteiger partial charge in [-0.15, -0.1) is 0 Å². The second-order valence-corrected chi connectivity index (χ2v) is 10.1. The van der Waals surface area contributed by atoms with E-state index in [1.165, 1.54) is 41.4 Å². The van der Waals surface area contributed by atoms with Crippen molar-refractivity contribution in [1.82, 2.24) is 10.0 Å². The summed E-state index contributed by atoms with van der Waals surface area (Å²) in [5.74, 6) is -1.64. The number of hydrogen-bond acceptors (Lipinski definition) is 6. The molecule has 0 unspecified atom stereocenters. The predicted octanol–water partition coefficient (Wildman–Crippen LogP) is 2.38. The molecule has 3 aromatic rings. The molecule has 0 saturated carbocycles. The predicted molar refractivity (Wildman–Crippen MR) is 116 cm³/mol. The zero-order valence-corrected chi connectivity index (χ0v) is 18.1. The van der Waals surface area contributed by atoms with Crippen LogP contribution < -0.4 is 11.0 Å². The first-order chi connectivity index (χ1) is 15.0. The van der Waals surface area contributed by atoms with Crippen LogP contribution in [0.5, 0.6) is 0 Å². The van der Waals surface area contributed by atoms with E-state index >= 15 is 0 Å². The average Bonchev–Trinajstić information content (AvgIpc) is 2.76. The van der Waals surface area contributed by atoms with Crippen molar-refractivity contribution in [1.29, 1.82) is 5.26 Å². The van der Waals surface area contributed by atoms with Crippen LogP contribution in [0.4, 0.5) is 4.39 Å². The molecule has 1 amide bonds. The van der Waals surface area contributed by atoms with Crippen molar-refractivity contribution in [2.75, 3.05) is 6.26 Å². The van der Waals surface area contributed by atoms with E-state index in [1.807, 2.05) is 6.07 Å². The van der Waals surface area contributed by atoms with Gasteiger partial charge in [0, 0.05) is 29.9 Å². The molecule has 0 aliphatic rings. The average molecular weight is 457 g/mol. The Kier molecular flexibility index (Phi) is 6.16. The number of hydroxylamine groups is 1. The first-order valence-corrected chi connectivity index (χ1v) is 11.4. The number of carbonyl (C=O) groups is 1. The van der Waals surface area contributed by atoms with Crippen LogP contribution in [0.25, 0.3) is 21.9 Å². The number of nitrogens with one attached hydrogen (secondary N) is 1. The first-order valence-electron chi connectivity index (χ1n) is 9.49. The van der Waals surface area contributed by atoms with Gasteiger partial charge in [0.15, 0.2) is 14.6 Å². The lowest BCUT2D eigenvalue weighted by atomic mass is 10.0. The molecule has 0 aliphatic heterocycles. The van der Waals surface area contributed by atoms with E-state index in [-0.39, 0.29) is 24.1 Å². The molecular weight excluding hydrogens is 437 g/mol. The molecule has 1 atom stereocenters. The molecule has 0 bridgehead atoms. The molecule has 1 aromatic heterocycles. The highest BCUT2D eigenvalue weighted by molar-refractivity contribution is 7.92. The summed E-state index contributed by atoms with van der Waals surface area (Å²) in [6, 6.07) is 12.4. The summed E-state index contributed by atoms with van der Waals surface area (Å²) in [4.78, 5) is 24.8. The van der Waals surface area contributed by atoms with Crippen molar-refractivity contribution >= 4 is 26.5 Å². The van der Waals surface area contributed by atoms with Gasteiger partial charge in [0.2, 0.25) is 0 Å². The van der Waals surface area contributed by atoms with Gasteiger partial charge in [-0.2, -0.15) is 5.26 Å². The van der Waals surface area contributed by atoms with E-state index in [1.54, 1.807) is 18.2 Å². The molecule has 3 rings (SSSR count). The molecule has 1 heterocycles. The van der Waals surface area contributed by atoms with Crippen LogP contribution in [0.2, 0.25) is 0 Å². The van der Waals surface area contributed by atoms with Gasteiger partial charge < -0.3 is 4.57 Å². The minimum Gasteiger partial charge on any atom is -0.315 e. The van der Waals surface area contributed by atoms with Gasteiger partial charge in [-0.1, -0.05) is 12.1 Å². The van der Waals surface area contributed by atoms with Crippen molar-refractivity contribution in [2.24, 2.45) is 0 Å². The van der Waals surface area contributed by atoms with Crippen LogP contribution in [-0.2, 0) is 21.2 Å². The quantitative estimate of drug-likeness (QED) is 0.432. The lowest BCUT2D eigenvalue weighted by Gasteiger charge is -2.25. The molecule has 10 heteroatoms. The first kappa shape index (κ1) is 23.1. The molecule has 0 spiro atoms. The number of aromatic nitrogens is 1. The van der Waals surface area contributed by atoms with Gasteiger partial charge in [0.25, 0.3) is 11.5 Å². The van der Waals surface area contributed by atoms with Crippen molar-refractivity contribution in [3.05, 3.63) is 70.4 Å². The van der Waals surface area contributed by atoms with Crippen molar-refractivity contribution in [2.45, 2.75) is 24.6 Å². The van der Waals surface area contributed by atoms with E-state index in [0.717, 1.165) is 12.3 Å². The molecule has 0 radical (unpaired) electrons. The van der Waals surface area contributed by atoms with Crippen LogP contribution in [0.3, 0.4) is 0 Å². The van der Waals surface area contributed by atoms with Gasteiger partial charge in [0.1, 0.15) is 5.82 Å². The number of aryl methyl sites for hydroxylation is 1. The minimum atomic E-state index is -3.89. The Hall–Kier alpha value is -3.55. The summed E-state index contributed by atoms with van der Waals surface area (Å²) in [7, 11) is -3.89. The van der Waals surface area contributed by atoms with E-state index in [4.69, 9.17) is 10.5 Å². The maximum atomic E-state index is 14.4. The molecule has 0 aliphatic carbocycles. The number of carbonyl (C=O) groups excluding carboxylic acids is 1. The normalized spacial score (nSPS) is 13.3. The highest BCUT2D eigenvalue weighted by Gasteiger charge is 2.43. The lowest BCUT2D eigenvalue weighted by Crippen LogP contribution is -2.49. The Morgan fingerprint density at radius 1 is 1.25 bits per heavy atom. The molecule has 2 N–H and O–H groups in total. The van der Waals surface area contributed by atoms with E-state index < -0.39 is 31.9 Å². The van der Waals surface area contributed by atoms with E-state index in [9.17, 15) is 22.4 Å². The molecule has 32 heavy (non-hydrogen) atoms. The van der Waals surface area contributed by atoms with E-state index in [0.29, 0.717) is 16.3 Å². The fraction of sp³-hybridized carbons (Fsp3) is 0.227. The summed E-state index contributed by atoms with van der Waals surface area (Å²) < 4.78 is 37.9. The molecule has 0 fully saturated rings. The minimum absolute atomic E-state index is 0.0856. The van der Waals surface area contributed by atoms with E-state index in [2.05, 4.69) is 0 Å². The van der Waals surface area contributed by atoms with Crippen LogP contribution in [0.15, 0.2) is 53.5 Å². The smallest absolute Gasteiger partial charge is 0.264 e. The number of nitriles is 1. The highest BCUT2D eigenvalue weighted by Crippen LogP contribution is 2.27. The Labute approximate surface area is 183 Å². The topological polar surface area (TPSA) is 129 Å². The van der Waals surface area contributed by atoms with Crippen LogP contribution in [0.1, 0.15) is 18.9 Å². The molecule has 166 valence electrons. The number of hydrogen-bond donors (Lipinski definition) is 2. The van der Waals surface area contributed by atoms with Gasteiger partial charge in [-0.25, -0.2) is 18.3 Å². The lowest BCUT2D eigenvalue weighted by molar-refractivity contribution is -0.131. The number of halogens is 1. The maximum absolute atomic E-state index is 14.4. The Balaban J connectivity index is 1.97. The highest BCUT2D eigenvalue weighted by atomic mass is 32.2. The second-order valence-electron chi connectivity index (χ2n) is 7.62. The van der Waals surface area contributed by atoms with Crippen LogP contribution >= 0.6 is 0 Å². The zero-order chi connectivity index (χ0) is 23.7. The second kappa shape index (κ2) is 8.53. The fourth-order valence-electron chi connectivity index (χ4n) is 3.37. The number of sulfone groups is 1. The largest absolute Gasteiger partial charge is 0.315 e. The summed E-state index contributed by atoms with van der Waals surface area (Å²) in [5, 5.41) is 18.7. The van der Waals surface area contributed by atoms with Gasteiger partial charge in [0.05, 0.1) is 11.6 Å². The Morgan fingerprint density at radius 3 is 2.56 bits per heavy atom. The van der Waals surface area contributed by atoms with Crippen LogP contribution in [-0.4, -0.2) is 35.1 Å². The van der Waals surface area contributed by atoms with Crippen molar-refractivity contribution < 1.29 is 22.8 Å². The SMILES string of the molecule is C[C@@](CCn1ccc2cc(-c3ccc(C#N)cc3F)ccc2c1=O)(C(=O)NO)S(C)(=O)=O. The monoisotopic (exact) mass is 457 g/mol. The number of amides is 1. The zero-order valence-electron chi connectivity index (χ0n) is 17.3. The van der Waals surface area contributed by atoms with Crippen molar-refractivity contribution in [3.8, 4) is 17.2 Å². The van der Waals surface area contributed by atoms with Crippen LogP contribution in [0, 0.1) is 17.1 Å². The summed E-state index contributed by atoms with van der Waals surface area (Å²) in [6.07, 6.45) is 2.11. The summed E-state index contributed by atoms with van der Waals surface area (Å²) in [6.45, 7) is 1.09. The third-order valence-electron chi connectivity index (χ3n) is 5.62. The summed E-state index contributed by atoms with van der Waals surface area (Å²) >= 11 is 0. The molecule has 8 nitrogen and oxygen atoms in total. The standard InChI is InChI=1S/C22H20FN3O5S/c1-22(21(28)25-29,32(2,30)31)8-10-26-9-7-16-12-15(4-6-18(16)20(26)27)17-5-3-14(13-24)11-19(17)23/h3-7,9,11-12,29H,8,10H2,1-2H3,(H,25,28)/t22-/m1/s1. The fourth-order valence-corrected chi connectivity index (χ4v) is 4.21. The number of rotatable bonds is 6. The molecular formula is C22H20FN3O5S. The number of fused-ring (bicyclic) bond motifs is 1. The Morgan fingerprint density at radius 2 is 1.97 bits per heavy atom. The van der Waals surface area contributed by atoms with Gasteiger partial charge in [-0.3, -0.25) is 14.8 Å². The third-order valence-corrected chi connectivity index (χ3v) is 7.64. The number of benzene rings is 2. The summed E-state index contributed by atoms with van der Waals surface area (Å²) in [5.41, 5.74) is 1.98. The molecule has 0 saturated heterocycles. The number of pyridine rings is 1. The van der Waals surface area contributed by atoms with Gasteiger partial charge in [-0.05, 0) is 54.6 Å². The maximum Gasteiger partial charge on any atom is 0.264 e. The Bertz CT molecular complexity index is 1430. The van der Waals surface area contributed by atoms with Gasteiger partial charge >= 0.3 is 0 Å². The third kappa shape index (κ3) is 4.12. The molecule has 2 aromatic carbocycles. The van der Waals surface area contributed by atoms with Crippen molar-refractivity contribution in [3.63, 3.8) is 0 Å².